The lowest BCUT2D eigenvalue weighted by atomic mass is 9.94. The summed E-state index contributed by atoms with van der Waals surface area (Å²) in [6, 6.07) is 1.89. The van der Waals surface area contributed by atoms with E-state index in [0.717, 1.165) is 24.0 Å². The van der Waals surface area contributed by atoms with Crippen LogP contribution in [-0.4, -0.2) is 48.8 Å². The zero-order valence-electron chi connectivity index (χ0n) is 22.6. The van der Waals surface area contributed by atoms with Crippen LogP contribution in [-0.2, 0) is 20.8 Å². The Morgan fingerprint density at radius 1 is 1.06 bits per heavy atom. The maximum Gasteiger partial charge on any atom is 0.338 e. The van der Waals surface area contributed by atoms with Crippen molar-refractivity contribution in [3.63, 3.8) is 0 Å². The summed E-state index contributed by atoms with van der Waals surface area (Å²) in [5, 5.41) is 4.82. The van der Waals surface area contributed by atoms with Crippen LogP contribution in [0.15, 0.2) is 35.5 Å². The van der Waals surface area contributed by atoms with E-state index >= 15 is 0 Å². The number of hydrogen-bond acceptors (Lipinski definition) is 5. The Balaban J connectivity index is 2.34. The number of fused-ring (bicyclic) bond motifs is 1. The van der Waals surface area contributed by atoms with Crippen LogP contribution in [0.1, 0.15) is 74.0 Å². The molecule has 0 radical (unpaired) electrons. The van der Waals surface area contributed by atoms with Crippen LogP contribution in [0.4, 0.5) is 0 Å². The van der Waals surface area contributed by atoms with Gasteiger partial charge in [0.2, 0.25) is 0 Å². The van der Waals surface area contributed by atoms with E-state index in [0.29, 0.717) is 59.8 Å². The van der Waals surface area contributed by atoms with Gasteiger partial charge in [0.1, 0.15) is 0 Å². The van der Waals surface area contributed by atoms with Crippen molar-refractivity contribution in [2.75, 3.05) is 26.3 Å². The van der Waals surface area contributed by atoms with Crippen molar-refractivity contribution >= 4 is 29.2 Å². The van der Waals surface area contributed by atoms with Crippen molar-refractivity contribution < 1.29 is 19.2 Å². The molecule has 0 bridgehead atoms. The van der Waals surface area contributed by atoms with Crippen molar-refractivity contribution in [1.82, 2.24) is 4.90 Å². The van der Waals surface area contributed by atoms with Gasteiger partial charge in [0, 0.05) is 24.5 Å². The number of rotatable bonds is 7. The third-order valence-corrected chi connectivity index (χ3v) is 6.22. The van der Waals surface area contributed by atoms with Crippen molar-refractivity contribution in [2.45, 2.75) is 67.2 Å². The molecule has 1 aromatic carbocycles. The Bertz CT molecular complexity index is 985. The first kappa shape index (κ1) is 29.6. The summed E-state index contributed by atoms with van der Waals surface area (Å²) >= 11 is 6.69. The summed E-state index contributed by atoms with van der Waals surface area (Å²) in [4.78, 5) is 33.2. The number of oxime groups is 1. The molecule has 1 heterocycles. The minimum Gasteiger partial charge on any atom is -0.462 e. The zero-order valence-corrected chi connectivity index (χ0v) is 23.4. The van der Waals surface area contributed by atoms with E-state index < -0.39 is 5.97 Å². The Labute approximate surface area is 221 Å². The highest BCUT2D eigenvalue weighted by atomic mass is 35.5. The van der Waals surface area contributed by atoms with Gasteiger partial charge in [0.15, 0.2) is 6.61 Å². The lowest BCUT2D eigenvalue weighted by Gasteiger charge is -2.25. The Morgan fingerprint density at radius 2 is 1.69 bits per heavy atom. The number of aryl methyl sites for hydroxylation is 2. The van der Waals surface area contributed by atoms with Gasteiger partial charge in [0.05, 0.1) is 17.9 Å². The molecular formula is C29H41ClN2O4. The number of ether oxygens (including phenoxy) is 1. The van der Waals surface area contributed by atoms with Gasteiger partial charge in [-0.25, -0.2) is 4.79 Å². The standard InChI is InChI=1S/C29H41ClN2O4/c1-20(2)17-32(18-21(3)4)26(33)19-36-31-24-13-11-9-7-8-10-12-14-35-29(34)27-22(5)15-23(6)28(30)25(27)16-24/h8,10-11,13,15,20-21H,7,9,12,14,16-19H2,1-6H3/b10-8+,13-11?,31-24-. The molecule has 36 heavy (non-hydrogen) atoms. The van der Waals surface area contributed by atoms with E-state index in [-0.39, 0.29) is 18.9 Å². The fourth-order valence-corrected chi connectivity index (χ4v) is 4.38. The lowest BCUT2D eigenvalue weighted by Crippen LogP contribution is -2.39. The summed E-state index contributed by atoms with van der Waals surface area (Å²) in [6.45, 7) is 13.7. The SMILES string of the molecule is Cc1cc(C)c2c(c1Cl)C/C(=N\OCC(=O)N(CC(C)C)CC(C)C)C=CCC/C=C/CCOC2=O. The van der Waals surface area contributed by atoms with Crippen molar-refractivity contribution in [3.8, 4) is 0 Å². The number of benzene rings is 1. The number of nitrogens with zero attached hydrogens (tertiary/aromatic N) is 2. The molecule has 1 aliphatic rings. The summed E-state index contributed by atoms with van der Waals surface area (Å²) in [5.74, 6) is 0.235. The van der Waals surface area contributed by atoms with Crippen LogP contribution < -0.4 is 0 Å². The van der Waals surface area contributed by atoms with Gasteiger partial charge in [-0.05, 0) is 67.7 Å². The number of hydrogen-bond donors (Lipinski definition) is 0. The van der Waals surface area contributed by atoms with E-state index in [1.807, 2.05) is 43.0 Å². The molecule has 2 rings (SSSR count). The van der Waals surface area contributed by atoms with E-state index in [2.05, 4.69) is 38.9 Å². The van der Waals surface area contributed by atoms with E-state index in [1.54, 1.807) is 0 Å². The molecule has 0 aromatic heterocycles. The third-order valence-electron chi connectivity index (χ3n) is 5.69. The van der Waals surface area contributed by atoms with Crippen molar-refractivity contribution in [2.24, 2.45) is 17.0 Å². The number of halogens is 1. The smallest absolute Gasteiger partial charge is 0.338 e. The topological polar surface area (TPSA) is 68.2 Å². The number of carbonyl (C=O) groups is 2. The van der Waals surface area contributed by atoms with Crippen LogP contribution in [0.25, 0.3) is 0 Å². The second kappa shape index (κ2) is 14.8. The molecule has 0 N–H and O–H groups in total. The first-order chi connectivity index (χ1) is 17.1. The molecule has 0 fully saturated rings. The van der Waals surface area contributed by atoms with E-state index in [1.165, 1.54) is 0 Å². The van der Waals surface area contributed by atoms with Gasteiger partial charge >= 0.3 is 5.97 Å². The van der Waals surface area contributed by atoms with Crippen LogP contribution in [0, 0.1) is 25.7 Å². The minimum absolute atomic E-state index is 0.0922. The molecular weight excluding hydrogens is 476 g/mol. The largest absolute Gasteiger partial charge is 0.462 e. The van der Waals surface area contributed by atoms with Gasteiger partial charge < -0.3 is 14.5 Å². The Morgan fingerprint density at radius 3 is 2.36 bits per heavy atom. The van der Waals surface area contributed by atoms with Crippen LogP contribution in [0.5, 0.6) is 0 Å². The summed E-state index contributed by atoms with van der Waals surface area (Å²) in [5.41, 5.74) is 3.39. The van der Waals surface area contributed by atoms with Gasteiger partial charge in [0.25, 0.3) is 5.91 Å². The maximum atomic E-state index is 13.0. The lowest BCUT2D eigenvalue weighted by molar-refractivity contribution is -0.137. The van der Waals surface area contributed by atoms with Crippen LogP contribution in [0.2, 0.25) is 5.02 Å². The quantitative estimate of drug-likeness (QED) is 0.237. The molecule has 0 saturated heterocycles. The number of amides is 1. The van der Waals surface area contributed by atoms with Gasteiger partial charge in [-0.3, -0.25) is 4.79 Å². The fraction of sp³-hybridized carbons (Fsp3) is 0.552. The molecule has 1 aromatic rings. The highest BCUT2D eigenvalue weighted by Crippen LogP contribution is 2.29. The molecule has 0 aliphatic carbocycles. The predicted octanol–water partition coefficient (Wildman–Crippen LogP) is 6.47. The number of cyclic esters (lactones) is 1. The first-order valence-electron chi connectivity index (χ1n) is 12.8. The molecule has 1 aliphatic heterocycles. The Kier molecular flexibility index (Phi) is 12.2. The molecule has 198 valence electrons. The molecule has 0 spiro atoms. The molecule has 1 amide bonds. The maximum absolute atomic E-state index is 13.0. The number of allylic oxidation sites excluding steroid dienone is 3. The van der Waals surface area contributed by atoms with Crippen molar-refractivity contribution in [3.05, 3.63) is 57.6 Å². The van der Waals surface area contributed by atoms with Crippen LogP contribution in [0.3, 0.4) is 0 Å². The van der Waals surface area contributed by atoms with Crippen molar-refractivity contribution in [1.29, 1.82) is 0 Å². The van der Waals surface area contributed by atoms with E-state index in [9.17, 15) is 9.59 Å². The van der Waals surface area contributed by atoms with Gasteiger partial charge in [-0.1, -0.05) is 68.7 Å². The van der Waals surface area contributed by atoms with Gasteiger partial charge in [-0.2, -0.15) is 0 Å². The average Bonchev–Trinajstić information content (AvgIpc) is 2.79. The van der Waals surface area contributed by atoms with E-state index in [4.69, 9.17) is 21.2 Å². The molecule has 7 heteroatoms. The van der Waals surface area contributed by atoms with Gasteiger partial charge in [-0.15, -0.1) is 0 Å². The normalized spacial score (nSPS) is 17.0. The fourth-order valence-electron chi connectivity index (χ4n) is 4.16. The van der Waals surface area contributed by atoms with Crippen LogP contribution >= 0.6 is 11.6 Å². The number of carbonyl (C=O) groups excluding carboxylic acids is 2. The predicted molar refractivity (Wildman–Crippen MR) is 147 cm³/mol. The zero-order chi connectivity index (χ0) is 26.7. The number of esters is 1. The highest BCUT2D eigenvalue weighted by Gasteiger charge is 2.22. The molecule has 0 atom stereocenters. The third kappa shape index (κ3) is 9.45. The molecule has 6 nitrogen and oxygen atoms in total. The summed E-state index contributed by atoms with van der Waals surface area (Å²) in [6.07, 6.45) is 10.7. The average molecular weight is 517 g/mol. The highest BCUT2D eigenvalue weighted by molar-refractivity contribution is 6.33. The molecule has 0 unspecified atom stereocenters. The minimum atomic E-state index is -0.396. The first-order valence-corrected chi connectivity index (χ1v) is 13.2. The summed E-state index contributed by atoms with van der Waals surface area (Å²) < 4.78 is 5.54. The second-order valence-corrected chi connectivity index (χ2v) is 10.6. The molecule has 0 saturated carbocycles. The summed E-state index contributed by atoms with van der Waals surface area (Å²) in [7, 11) is 0. The second-order valence-electron chi connectivity index (χ2n) is 10.2. The monoisotopic (exact) mass is 516 g/mol. The Hall–Kier alpha value is -2.60.